The number of H-pyrrole nitrogens is 1. The fourth-order valence-corrected chi connectivity index (χ4v) is 3.16. The molecule has 0 spiro atoms. The smallest absolute Gasteiger partial charge is 0.136 e. The number of hydrogen-bond donors (Lipinski definition) is 2. The average molecular weight is 359 g/mol. The standard InChI is InChI=1S/C22H21N3O2/c1-26-17-8-6-15(7-9-17)13-25-22-21-19(14-24-20(21)10-11-23-22)16-4-3-5-18(12-16)27-2/h3-12,14,24H,13H2,1-2H3,(H,23,25). The Labute approximate surface area is 158 Å². The lowest BCUT2D eigenvalue weighted by Crippen LogP contribution is -2.02. The Morgan fingerprint density at radius 3 is 2.56 bits per heavy atom. The van der Waals surface area contributed by atoms with E-state index in [-0.39, 0.29) is 0 Å². The van der Waals surface area contributed by atoms with Crippen LogP contribution in [-0.4, -0.2) is 24.2 Å². The molecule has 136 valence electrons. The van der Waals surface area contributed by atoms with Crippen LogP contribution in [0.5, 0.6) is 11.5 Å². The van der Waals surface area contributed by atoms with Gasteiger partial charge in [-0.2, -0.15) is 0 Å². The first-order valence-electron chi connectivity index (χ1n) is 8.76. The fraction of sp³-hybridized carbons (Fsp3) is 0.136. The van der Waals surface area contributed by atoms with Gasteiger partial charge in [-0.25, -0.2) is 4.98 Å². The van der Waals surface area contributed by atoms with E-state index < -0.39 is 0 Å². The Kier molecular flexibility index (Phi) is 4.66. The number of ether oxygens (including phenoxy) is 2. The molecule has 4 aromatic rings. The van der Waals surface area contributed by atoms with Gasteiger partial charge in [-0.1, -0.05) is 24.3 Å². The summed E-state index contributed by atoms with van der Waals surface area (Å²) in [4.78, 5) is 7.91. The van der Waals surface area contributed by atoms with Crippen LogP contribution in [0.3, 0.4) is 0 Å². The van der Waals surface area contributed by atoms with E-state index in [0.29, 0.717) is 6.54 Å². The van der Waals surface area contributed by atoms with Gasteiger partial charge in [-0.3, -0.25) is 0 Å². The Bertz CT molecular complexity index is 1050. The molecule has 0 amide bonds. The second-order valence-electron chi connectivity index (χ2n) is 6.22. The Balaban J connectivity index is 1.67. The zero-order valence-corrected chi connectivity index (χ0v) is 15.3. The predicted octanol–water partition coefficient (Wildman–Crippen LogP) is 4.86. The molecule has 0 saturated carbocycles. The molecule has 0 atom stereocenters. The van der Waals surface area contributed by atoms with Crippen molar-refractivity contribution in [2.45, 2.75) is 6.54 Å². The van der Waals surface area contributed by atoms with Crippen LogP contribution in [0.15, 0.2) is 67.0 Å². The van der Waals surface area contributed by atoms with E-state index in [0.717, 1.165) is 44.9 Å². The minimum Gasteiger partial charge on any atom is -0.497 e. The minimum atomic E-state index is 0.679. The molecule has 2 aromatic heterocycles. The van der Waals surface area contributed by atoms with Crippen molar-refractivity contribution in [2.75, 3.05) is 19.5 Å². The molecule has 5 heteroatoms. The number of nitrogens with one attached hydrogen (secondary N) is 2. The van der Waals surface area contributed by atoms with E-state index in [4.69, 9.17) is 9.47 Å². The summed E-state index contributed by atoms with van der Waals surface area (Å²) in [6, 6.07) is 18.0. The van der Waals surface area contributed by atoms with E-state index in [9.17, 15) is 0 Å². The third kappa shape index (κ3) is 3.44. The van der Waals surface area contributed by atoms with E-state index in [1.165, 1.54) is 0 Å². The molecule has 0 aliphatic carbocycles. The van der Waals surface area contributed by atoms with Crippen molar-refractivity contribution >= 4 is 16.7 Å². The van der Waals surface area contributed by atoms with E-state index in [1.54, 1.807) is 14.2 Å². The molecular weight excluding hydrogens is 338 g/mol. The lowest BCUT2D eigenvalue weighted by Gasteiger charge is -2.10. The first-order valence-corrected chi connectivity index (χ1v) is 8.76. The van der Waals surface area contributed by atoms with Gasteiger partial charge in [0.1, 0.15) is 17.3 Å². The molecule has 0 unspecified atom stereocenters. The summed E-state index contributed by atoms with van der Waals surface area (Å²) >= 11 is 0. The summed E-state index contributed by atoms with van der Waals surface area (Å²) < 4.78 is 10.6. The van der Waals surface area contributed by atoms with Crippen LogP contribution in [0.1, 0.15) is 5.56 Å². The van der Waals surface area contributed by atoms with Crippen molar-refractivity contribution in [1.29, 1.82) is 0 Å². The van der Waals surface area contributed by atoms with Gasteiger partial charge in [0.15, 0.2) is 0 Å². The SMILES string of the molecule is COc1ccc(CNc2nccc3[nH]cc(-c4cccc(OC)c4)c23)cc1. The third-order valence-corrected chi connectivity index (χ3v) is 4.59. The van der Waals surface area contributed by atoms with E-state index in [2.05, 4.69) is 21.4 Å². The second kappa shape index (κ2) is 7.41. The number of aromatic nitrogens is 2. The maximum absolute atomic E-state index is 5.37. The van der Waals surface area contributed by atoms with E-state index >= 15 is 0 Å². The molecule has 2 heterocycles. The first-order chi connectivity index (χ1) is 13.3. The van der Waals surface area contributed by atoms with Crippen LogP contribution in [0.4, 0.5) is 5.82 Å². The highest BCUT2D eigenvalue weighted by Crippen LogP contribution is 2.34. The number of nitrogens with zero attached hydrogens (tertiary/aromatic N) is 1. The summed E-state index contributed by atoms with van der Waals surface area (Å²) in [6.45, 7) is 0.679. The number of hydrogen-bond acceptors (Lipinski definition) is 4. The van der Waals surface area contributed by atoms with Crippen molar-refractivity contribution in [2.24, 2.45) is 0 Å². The molecule has 4 rings (SSSR count). The molecule has 0 saturated heterocycles. The normalized spacial score (nSPS) is 10.7. The molecule has 0 bridgehead atoms. The predicted molar refractivity (Wildman–Crippen MR) is 108 cm³/mol. The maximum Gasteiger partial charge on any atom is 0.136 e. The van der Waals surface area contributed by atoms with E-state index in [1.807, 2.05) is 60.9 Å². The van der Waals surface area contributed by atoms with Crippen LogP contribution < -0.4 is 14.8 Å². The maximum atomic E-state index is 5.37. The van der Waals surface area contributed by atoms with Gasteiger partial charge < -0.3 is 19.8 Å². The van der Waals surface area contributed by atoms with Gasteiger partial charge in [0, 0.05) is 29.9 Å². The van der Waals surface area contributed by atoms with Crippen molar-refractivity contribution in [3.8, 4) is 22.6 Å². The lowest BCUT2D eigenvalue weighted by molar-refractivity contribution is 0.414. The van der Waals surface area contributed by atoms with Gasteiger partial charge >= 0.3 is 0 Å². The molecule has 0 aliphatic heterocycles. The van der Waals surface area contributed by atoms with Crippen molar-refractivity contribution < 1.29 is 9.47 Å². The monoisotopic (exact) mass is 359 g/mol. The fourth-order valence-electron chi connectivity index (χ4n) is 3.16. The number of benzene rings is 2. The Morgan fingerprint density at radius 1 is 0.963 bits per heavy atom. The Hall–Kier alpha value is -3.47. The number of pyridine rings is 1. The number of fused-ring (bicyclic) bond motifs is 1. The molecule has 0 aliphatic rings. The van der Waals surface area contributed by atoms with Crippen molar-refractivity contribution in [3.05, 3.63) is 72.6 Å². The second-order valence-corrected chi connectivity index (χ2v) is 6.22. The van der Waals surface area contributed by atoms with Crippen LogP contribution >= 0.6 is 0 Å². The summed E-state index contributed by atoms with van der Waals surface area (Å²) in [5.74, 6) is 2.53. The van der Waals surface area contributed by atoms with Crippen LogP contribution in [0, 0.1) is 0 Å². The highest BCUT2D eigenvalue weighted by atomic mass is 16.5. The van der Waals surface area contributed by atoms with Crippen molar-refractivity contribution in [3.63, 3.8) is 0 Å². The highest BCUT2D eigenvalue weighted by molar-refractivity contribution is 6.02. The number of anilines is 1. The molecule has 27 heavy (non-hydrogen) atoms. The van der Waals surface area contributed by atoms with Gasteiger partial charge in [0.2, 0.25) is 0 Å². The van der Waals surface area contributed by atoms with Crippen LogP contribution in [0.25, 0.3) is 22.0 Å². The number of aromatic amines is 1. The molecular formula is C22H21N3O2. The summed E-state index contributed by atoms with van der Waals surface area (Å²) in [5.41, 5.74) is 4.38. The highest BCUT2D eigenvalue weighted by Gasteiger charge is 2.12. The lowest BCUT2D eigenvalue weighted by atomic mass is 10.0. The molecule has 2 N–H and O–H groups in total. The van der Waals surface area contributed by atoms with Gasteiger partial charge in [-0.15, -0.1) is 0 Å². The zero-order valence-electron chi connectivity index (χ0n) is 15.3. The quantitative estimate of drug-likeness (QED) is 0.516. The summed E-state index contributed by atoms with van der Waals surface area (Å²) in [6.07, 6.45) is 3.82. The van der Waals surface area contributed by atoms with Gasteiger partial charge in [-0.05, 0) is 41.5 Å². The summed E-state index contributed by atoms with van der Waals surface area (Å²) in [7, 11) is 3.35. The molecule has 0 fully saturated rings. The van der Waals surface area contributed by atoms with Crippen LogP contribution in [0.2, 0.25) is 0 Å². The molecule has 2 aromatic carbocycles. The largest absolute Gasteiger partial charge is 0.497 e. The minimum absolute atomic E-state index is 0.679. The molecule has 5 nitrogen and oxygen atoms in total. The molecule has 0 radical (unpaired) electrons. The zero-order chi connectivity index (χ0) is 18.6. The summed E-state index contributed by atoms with van der Waals surface area (Å²) in [5, 5.41) is 4.53. The average Bonchev–Trinajstić information content (AvgIpc) is 3.17. The van der Waals surface area contributed by atoms with Gasteiger partial charge in [0.05, 0.1) is 19.7 Å². The number of rotatable bonds is 6. The topological polar surface area (TPSA) is 59.2 Å². The van der Waals surface area contributed by atoms with Crippen LogP contribution in [-0.2, 0) is 6.54 Å². The van der Waals surface area contributed by atoms with Gasteiger partial charge in [0.25, 0.3) is 0 Å². The third-order valence-electron chi connectivity index (χ3n) is 4.59. The Morgan fingerprint density at radius 2 is 1.78 bits per heavy atom. The first kappa shape index (κ1) is 17.0. The number of methoxy groups -OCH3 is 2. The van der Waals surface area contributed by atoms with Crippen molar-refractivity contribution in [1.82, 2.24) is 9.97 Å².